The second-order valence-corrected chi connectivity index (χ2v) is 6.29. The number of aliphatic hydroxyl groups is 1. The van der Waals surface area contributed by atoms with Gasteiger partial charge in [-0.15, -0.1) is 0 Å². The maximum atomic E-state index is 12.0. The second-order valence-electron chi connectivity index (χ2n) is 5.49. The summed E-state index contributed by atoms with van der Waals surface area (Å²) >= 11 is 3.30. The Bertz CT molecular complexity index is 474. The molecule has 1 aromatic heterocycles. The van der Waals surface area contributed by atoms with Gasteiger partial charge in [0.1, 0.15) is 4.47 Å². The van der Waals surface area contributed by atoms with Gasteiger partial charge in [0.25, 0.3) is 5.56 Å². The van der Waals surface area contributed by atoms with Crippen molar-refractivity contribution >= 4 is 21.6 Å². The van der Waals surface area contributed by atoms with Crippen LogP contribution in [-0.2, 0) is 6.54 Å². The van der Waals surface area contributed by atoms with Crippen molar-refractivity contribution < 1.29 is 5.11 Å². The molecule has 2 N–H and O–H groups in total. The van der Waals surface area contributed by atoms with Crippen LogP contribution in [0.25, 0.3) is 0 Å². The number of nitrogens with one attached hydrogen (secondary N) is 1. The van der Waals surface area contributed by atoms with E-state index in [0.29, 0.717) is 16.2 Å². The first-order chi connectivity index (χ1) is 9.45. The predicted octanol–water partition coefficient (Wildman–Crippen LogP) is 2.62. The Balaban J connectivity index is 2.64. The molecule has 6 heteroatoms. The monoisotopic (exact) mass is 345 g/mol. The fourth-order valence-electron chi connectivity index (χ4n) is 1.99. The summed E-state index contributed by atoms with van der Waals surface area (Å²) < 4.78 is 1.72. The largest absolute Gasteiger partial charge is 0.394 e. The lowest BCUT2D eigenvalue weighted by Crippen LogP contribution is -2.27. The zero-order valence-corrected chi connectivity index (χ0v) is 14.0. The third-order valence-electron chi connectivity index (χ3n) is 3.12. The summed E-state index contributed by atoms with van der Waals surface area (Å²) in [4.78, 5) is 12.0. The van der Waals surface area contributed by atoms with Gasteiger partial charge in [-0.25, -0.2) is 4.68 Å². The van der Waals surface area contributed by atoms with E-state index in [1.54, 1.807) is 6.20 Å². The van der Waals surface area contributed by atoms with Gasteiger partial charge in [0.05, 0.1) is 25.0 Å². The highest BCUT2D eigenvalue weighted by atomic mass is 79.9. The molecule has 1 atom stereocenters. The predicted molar refractivity (Wildman–Crippen MR) is 85.1 cm³/mol. The number of hydrogen-bond donors (Lipinski definition) is 2. The van der Waals surface area contributed by atoms with Gasteiger partial charge in [0, 0.05) is 6.04 Å². The highest BCUT2D eigenvalue weighted by Crippen LogP contribution is 2.19. The highest BCUT2D eigenvalue weighted by Gasteiger charge is 2.11. The zero-order valence-electron chi connectivity index (χ0n) is 12.4. The summed E-state index contributed by atoms with van der Waals surface area (Å²) in [6, 6.07) is 0.292. The van der Waals surface area contributed by atoms with Gasteiger partial charge in [-0.05, 0) is 35.2 Å². The molecule has 0 saturated carbocycles. The molecule has 1 heterocycles. The molecule has 114 valence electrons. The molecule has 5 nitrogen and oxygen atoms in total. The van der Waals surface area contributed by atoms with Crippen LogP contribution in [0.3, 0.4) is 0 Å². The summed E-state index contributed by atoms with van der Waals surface area (Å²) in [6.07, 6.45) is 5.06. The van der Waals surface area contributed by atoms with Crippen LogP contribution >= 0.6 is 15.9 Å². The molecular weight excluding hydrogens is 322 g/mol. The molecular formula is C14H24BrN3O2. The first-order valence-electron chi connectivity index (χ1n) is 7.08. The molecule has 20 heavy (non-hydrogen) atoms. The topological polar surface area (TPSA) is 67.2 Å². The van der Waals surface area contributed by atoms with Crippen LogP contribution in [0.5, 0.6) is 0 Å². The number of aromatic nitrogens is 2. The molecule has 0 aliphatic carbocycles. The van der Waals surface area contributed by atoms with E-state index in [-0.39, 0.29) is 18.7 Å². The van der Waals surface area contributed by atoms with Gasteiger partial charge < -0.3 is 10.4 Å². The van der Waals surface area contributed by atoms with E-state index >= 15 is 0 Å². The molecule has 0 aliphatic heterocycles. The van der Waals surface area contributed by atoms with Crippen molar-refractivity contribution in [2.45, 2.75) is 52.6 Å². The van der Waals surface area contributed by atoms with Crippen LogP contribution in [0, 0.1) is 5.92 Å². The van der Waals surface area contributed by atoms with Crippen LogP contribution in [0.1, 0.15) is 40.0 Å². The van der Waals surface area contributed by atoms with Crippen LogP contribution in [-0.4, -0.2) is 27.5 Å². The smallest absolute Gasteiger partial charge is 0.283 e. The van der Waals surface area contributed by atoms with Crippen molar-refractivity contribution in [2.75, 3.05) is 11.9 Å². The molecule has 0 bridgehead atoms. The molecule has 0 amide bonds. The van der Waals surface area contributed by atoms with E-state index in [2.05, 4.69) is 47.1 Å². The van der Waals surface area contributed by atoms with E-state index in [1.165, 1.54) is 17.5 Å². The molecule has 0 aromatic carbocycles. The van der Waals surface area contributed by atoms with Gasteiger partial charge in [0.15, 0.2) is 0 Å². The number of aliphatic hydroxyl groups excluding tert-OH is 1. The van der Waals surface area contributed by atoms with E-state index in [9.17, 15) is 4.79 Å². The quantitative estimate of drug-likeness (QED) is 0.759. The summed E-state index contributed by atoms with van der Waals surface area (Å²) in [6.45, 7) is 6.66. The number of rotatable bonds is 8. The lowest BCUT2D eigenvalue weighted by molar-refractivity contribution is 0.266. The summed E-state index contributed by atoms with van der Waals surface area (Å²) in [5.74, 6) is 0.720. The third kappa shape index (κ3) is 5.25. The van der Waals surface area contributed by atoms with Crippen molar-refractivity contribution in [1.29, 1.82) is 0 Å². The Morgan fingerprint density at radius 3 is 2.70 bits per heavy atom. The molecule has 0 aliphatic rings. The fourth-order valence-corrected chi connectivity index (χ4v) is 2.41. The average Bonchev–Trinajstić information content (AvgIpc) is 2.38. The minimum atomic E-state index is -0.224. The maximum Gasteiger partial charge on any atom is 0.283 e. The van der Waals surface area contributed by atoms with Crippen molar-refractivity contribution in [3.05, 3.63) is 21.0 Å². The number of anilines is 1. The number of hydrogen-bond acceptors (Lipinski definition) is 4. The summed E-state index contributed by atoms with van der Waals surface area (Å²) in [5, 5.41) is 16.2. The number of halogens is 1. The third-order valence-corrected chi connectivity index (χ3v) is 3.88. The van der Waals surface area contributed by atoms with Crippen molar-refractivity contribution in [2.24, 2.45) is 5.92 Å². The Hall–Kier alpha value is -0.880. The van der Waals surface area contributed by atoms with Crippen LogP contribution < -0.4 is 10.9 Å². The van der Waals surface area contributed by atoms with Crippen LogP contribution in [0.15, 0.2) is 15.5 Å². The molecule has 0 radical (unpaired) electrons. The standard InChI is InChI=1S/C14H24BrN3O2/c1-10(2)5-4-6-11(3)17-12-9-16-18(7-8-19)14(20)13(12)15/h9-11,17,19H,4-8H2,1-3H3. The fraction of sp³-hybridized carbons (Fsp3) is 0.714. The zero-order chi connectivity index (χ0) is 15.1. The van der Waals surface area contributed by atoms with Gasteiger partial charge in [-0.2, -0.15) is 5.10 Å². The Morgan fingerprint density at radius 1 is 1.40 bits per heavy atom. The normalized spacial score (nSPS) is 12.7. The maximum absolute atomic E-state index is 12.0. The summed E-state index contributed by atoms with van der Waals surface area (Å²) in [5.41, 5.74) is 0.486. The Labute approximate surface area is 128 Å². The molecule has 0 fully saturated rings. The lowest BCUT2D eigenvalue weighted by atomic mass is 10.0. The van der Waals surface area contributed by atoms with E-state index in [4.69, 9.17) is 5.11 Å². The van der Waals surface area contributed by atoms with Gasteiger partial charge in [0.2, 0.25) is 0 Å². The molecule has 1 unspecified atom stereocenters. The van der Waals surface area contributed by atoms with E-state index in [0.717, 1.165) is 12.3 Å². The second kappa shape index (κ2) is 8.42. The molecule has 0 spiro atoms. The van der Waals surface area contributed by atoms with Crippen LogP contribution in [0.4, 0.5) is 5.69 Å². The SMILES string of the molecule is CC(C)CCCC(C)Nc1cnn(CCO)c(=O)c1Br. The first-order valence-corrected chi connectivity index (χ1v) is 7.88. The van der Waals surface area contributed by atoms with E-state index in [1.807, 2.05) is 0 Å². The Kier molecular flexibility index (Phi) is 7.23. The van der Waals surface area contributed by atoms with Crippen LogP contribution in [0.2, 0.25) is 0 Å². The summed E-state index contributed by atoms with van der Waals surface area (Å²) in [7, 11) is 0. The minimum absolute atomic E-state index is 0.0995. The lowest BCUT2D eigenvalue weighted by Gasteiger charge is -2.17. The molecule has 0 saturated heterocycles. The molecule has 1 rings (SSSR count). The van der Waals surface area contributed by atoms with Gasteiger partial charge in [-0.1, -0.05) is 26.7 Å². The van der Waals surface area contributed by atoms with Crippen molar-refractivity contribution in [1.82, 2.24) is 9.78 Å². The Morgan fingerprint density at radius 2 is 2.10 bits per heavy atom. The molecule has 1 aromatic rings. The van der Waals surface area contributed by atoms with Gasteiger partial charge >= 0.3 is 0 Å². The highest BCUT2D eigenvalue weighted by molar-refractivity contribution is 9.10. The average molecular weight is 346 g/mol. The van der Waals surface area contributed by atoms with E-state index < -0.39 is 0 Å². The van der Waals surface area contributed by atoms with Crippen molar-refractivity contribution in [3.8, 4) is 0 Å². The van der Waals surface area contributed by atoms with Gasteiger partial charge in [-0.3, -0.25) is 4.79 Å². The number of nitrogens with zero attached hydrogens (tertiary/aromatic N) is 2. The first kappa shape index (κ1) is 17.2. The van der Waals surface area contributed by atoms with Crippen molar-refractivity contribution in [3.63, 3.8) is 0 Å². The minimum Gasteiger partial charge on any atom is -0.394 e.